The fraction of sp³-hybridized carbons (Fsp3) is 0.500. The number of carbonyl (C=O) groups is 1. The Balaban J connectivity index is 1.86. The van der Waals surface area contributed by atoms with Crippen molar-refractivity contribution < 1.29 is 9.53 Å². The molecular weight excluding hydrogens is 342 g/mol. The number of nitrogens with one attached hydrogen (secondary N) is 1. The maximum Gasteiger partial charge on any atom is 0.245 e. The van der Waals surface area contributed by atoms with Crippen LogP contribution in [0.5, 0.6) is 0 Å². The molecule has 3 rings (SSSR count). The number of morpholine rings is 1. The molecule has 2 aromatic rings. The quantitative estimate of drug-likeness (QED) is 0.842. The molecule has 1 N–H and O–H groups in total. The second-order valence-corrected chi connectivity index (χ2v) is 6.96. The number of hydrogen-bond donors (Lipinski definition) is 1. The molecule has 7 heteroatoms. The lowest BCUT2D eigenvalue weighted by Gasteiger charge is -2.32. The van der Waals surface area contributed by atoms with E-state index < -0.39 is 0 Å². The zero-order valence-corrected chi connectivity index (χ0v) is 16.2. The van der Waals surface area contributed by atoms with Crippen molar-refractivity contribution in [3.8, 4) is 11.4 Å². The number of nitrogens with zero attached hydrogens (tertiary/aromatic N) is 4. The molecule has 0 radical (unpaired) electrons. The summed E-state index contributed by atoms with van der Waals surface area (Å²) in [6.07, 6.45) is 4.24. The Labute approximate surface area is 160 Å². The van der Waals surface area contributed by atoms with Gasteiger partial charge in [-0.25, -0.2) is 9.97 Å². The first-order valence-corrected chi connectivity index (χ1v) is 9.50. The minimum atomic E-state index is -0.340. The maximum atomic E-state index is 13.0. The van der Waals surface area contributed by atoms with Gasteiger partial charge in [0.25, 0.3) is 0 Å². The number of pyridine rings is 1. The number of ether oxygens (including phenoxy) is 1. The lowest BCUT2D eigenvalue weighted by Crippen LogP contribution is -2.50. The molecule has 1 unspecified atom stereocenters. The van der Waals surface area contributed by atoms with Gasteiger partial charge in [0.15, 0.2) is 5.82 Å². The molecule has 2 aromatic heterocycles. The fourth-order valence-electron chi connectivity index (χ4n) is 3.04. The molecule has 0 bridgehead atoms. The summed E-state index contributed by atoms with van der Waals surface area (Å²) < 4.78 is 5.36. The molecule has 1 aliphatic heterocycles. The van der Waals surface area contributed by atoms with Crippen molar-refractivity contribution >= 4 is 11.7 Å². The number of rotatable bonds is 6. The van der Waals surface area contributed by atoms with Gasteiger partial charge in [-0.3, -0.25) is 9.78 Å². The first kappa shape index (κ1) is 19.2. The average molecular weight is 369 g/mol. The second-order valence-electron chi connectivity index (χ2n) is 6.96. The van der Waals surface area contributed by atoms with Gasteiger partial charge in [-0.15, -0.1) is 0 Å². The van der Waals surface area contributed by atoms with E-state index in [0.29, 0.717) is 37.9 Å². The first-order valence-electron chi connectivity index (χ1n) is 9.50. The molecule has 1 saturated heterocycles. The molecular formula is C20H27N5O2. The molecule has 1 atom stereocenters. The van der Waals surface area contributed by atoms with E-state index in [4.69, 9.17) is 4.74 Å². The van der Waals surface area contributed by atoms with E-state index in [1.807, 2.05) is 36.9 Å². The Hall–Kier alpha value is -2.54. The van der Waals surface area contributed by atoms with Crippen LogP contribution in [0.1, 0.15) is 26.5 Å². The summed E-state index contributed by atoms with van der Waals surface area (Å²) in [4.78, 5) is 28.2. The highest BCUT2D eigenvalue weighted by atomic mass is 16.5. The van der Waals surface area contributed by atoms with Crippen LogP contribution in [0.4, 0.5) is 5.82 Å². The van der Waals surface area contributed by atoms with Gasteiger partial charge < -0.3 is 15.0 Å². The average Bonchev–Trinajstić information content (AvgIpc) is 2.72. The van der Waals surface area contributed by atoms with Crippen LogP contribution in [0.3, 0.4) is 0 Å². The lowest BCUT2D eigenvalue weighted by atomic mass is 10.0. The SMILES string of the molecule is CCc1cc(NC(C(=O)N2CCOCC2)C(C)C)nc(-c2ccncc2)n1. The molecule has 0 aliphatic carbocycles. The first-order chi connectivity index (χ1) is 13.1. The molecule has 3 heterocycles. The van der Waals surface area contributed by atoms with E-state index in [0.717, 1.165) is 17.7 Å². The number of carbonyl (C=O) groups excluding carboxylic acids is 1. The number of aromatic nitrogens is 3. The molecule has 0 saturated carbocycles. The highest BCUT2D eigenvalue weighted by Gasteiger charge is 2.28. The van der Waals surface area contributed by atoms with Crippen molar-refractivity contribution in [3.63, 3.8) is 0 Å². The van der Waals surface area contributed by atoms with Gasteiger partial charge >= 0.3 is 0 Å². The predicted octanol–water partition coefficient (Wildman–Crippen LogP) is 2.40. The van der Waals surface area contributed by atoms with E-state index in [2.05, 4.69) is 27.2 Å². The highest BCUT2D eigenvalue weighted by Crippen LogP contribution is 2.20. The third-order valence-electron chi connectivity index (χ3n) is 4.64. The van der Waals surface area contributed by atoms with Gasteiger partial charge in [0.1, 0.15) is 11.9 Å². The monoisotopic (exact) mass is 369 g/mol. The number of amides is 1. The van der Waals surface area contributed by atoms with E-state index in [-0.39, 0.29) is 17.9 Å². The molecule has 0 aromatic carbocycles. The van der Waals surface area contributed by atoms with Crippen molar-refractivity contribution in [1.29, 1.82) is 0 Å². The van der Waals surface area contributed by atoms with Crippen LogP contribution >= 0.6 is 0 Å². The smallest absolute Gasteiger partial charge is 0.245 e. The molecule has 1 fully saturated rings. The van der Waals surface area contributed by atoms with Crippen LogP contribution in [0.25, 0.3) is 11.4 Å². The van der Waals surface area contributed by atoms with E-state index in [1.165, 1.54) is 0 Å². The van der Waals surface area contributed by atoms with Crippen LogP contribution in [-0.2, 0) is 16.0 Å². The Kier molecular flexibility index (Phi) is 6.34. The van der Waals surface area contributed by atoms with Crippen LogP contribution in [-0.4, -0.2) is 58.1 Å². The normalized spacial score (nSPS) is 15.6. The van der Waals surface area contributed by atoms with Gasteiger partial charge in [0.2, 0.25) is 5.91 Å². The van der Waals surface area contributed by atoms with Gasteiger partial charge in [-0.05, 0) is 24.5 Å². The largest absolute Gasteiger partial charge is 0.378 e. The molecule has 144 valence electrons. The van der Waals surface area contributed by atoms with Crippen molar-refractivity contribution in [3.05, 3.63) is 36.3 Å². The summed E-state index contributed by atoms with van der Waals surface area (Å²) in [6.45, 7) is 8.60. The standard InChI is InChI=1S/C20H27N5O2/c1-4-16-13-17(24-19(22-16)15-5-7-21-8-6-15)23-18(14(2)3)20(26)25-9-11-27-12-10-25/h5-8,13-14,18H,4,9-12H2,1-3H3,(H,22,23,24). The van der Waals surface area contributed by atoms with Crippen LogP contribution in [0.2, 0.25) is 0 Å². The Morgan fingerprint density at radius 3 is 2.56 bits per heavy atom. The third kappa shape index (κ3) is 4.80. The highest BCUT2D eigenvalue weighted by molar-refractivity contribution is 5.85. The number of hydrogen-bond acceptors (Lipinski definition) is 6. The lowest BCUT2D eigenvalue weighted by molar-refractivity contribution is -0.137. The van der Waals surface area contributed by atoms with Crippen LogP contribution < -0.4 is 5.32 Å². The Bertz CT molecular complexity index is 760. The van der Waals surface area contributed by atoms with Gasteiger partial charge in [-0.1, -0.05) is 20.8 Å². The van der Waals surface area contributed by atoms with Crippen molar-refractivity contribution in [2.75, 3.05) is 31.6 Å². The molecule has 1 aliphatic rings. The van der Waals surface area contributed by atoms with Crippen LogP contribution in [0, 0.1) is 5.92 Å². The number of aryl methyl sites for hydroxylation is 1. The molecule has 0 spiro atoms. The maximum absolute atomic E-state index is 13.0. The summed E-state index contributed by atoms with van der Waals surface area (Å²) in [6, 6.07) is 5.36. The molecule has 7 nitrogen and oxygen atoms in total. The minimum absolute atomic E-state index is 0.0930. The molecule has 27 heavy (non-hydrogen) atoms. The zero-order valence-electron chi connectivity index (χ0n) is 16.2. The minimum Gasteiger partial charge on any atom is -0.378 e. The predicted molar refractivity (Wildman–Crippen MR) is 104 cm³/mol. The second kappa shape index (κ2) is 8.90. The van der Waals surface area contributed by atoms with Gasteiger partial charge in [0.05, 0.1) is 13.2 Å². The van der Waals surface area contributed by atoms with E-state index in [1.54, 1.807) is 12.4 Å². The Morgan fingerprint density at radius 1 is 1.22 bits per heavy atom. The summed E-state index contributed by atoms with van der Waals surface area (Å²) >= 11 is 0. The Morgan fingerprint density at radius 2 is 1.93 bits per heavy atom. The summed E-state index contributed by atoms with van der Waals surface area (Å²) in [5.74, 6) is 1.54. The van der Waals surface area contributed by atoms with Crippen LogP contribution in [0.15, 0.2) is 30.6 Å². The third-order valence-corrected chi connectivity index (χ3v) is 4.64. The fourth-order valence-corrected chi connectivity index (χ4v) is 3.04. The summed E-state index contributed by atoms with van der Waals surface area (Å²) in [5.41, 5.74) is 1.84. The van der Waals surface area contributed by atoms with E-state index >= 15 is 0 Å². The van der Waals surface area contributed by atoms with Crippen molar-refractivity contribution in [1.82, 2.24) is 19.9 Å². The number of anilines is 1. The van der Waals surface area contributed by atoms with E-state index in [9.17, 15) is 4.79 Å². The summed E-state index contributed by atoms with van der Waals surface area (Å²) in [7, 11) is 0. The van der Waals surface area contributed by atoms with Gasteiger partial charge in [0, 0.05) is 42.8 Å². The topological polar surface area (TPSA) is 80.2 Å². The summed E-state index contributed by atoms with van der Waals surface area (Å²) in [5, 5.41) is 3.36. The van der Waals surface area contributed by atoms with Gasteiger partial charge in [-0.2, -0.15) is 0 Å². The van der Waals surface area contributed by atoms with Crippen molar-refractivity contribution in [2.45, 2.75) is 33.2 Å². The molecule has 1 amide bonds. The van der Waals surface area contributed by atoms with Crippen molar-refractivity contribution in [2.24, 2.45) is 5.92 Å². The zero-order chi connectivity index (χ0) is 19.2.